The smallest absolute Gasteiger partial charge is 0.407 e. The number of hydrogen-bond donors (Lipinski definition) is 3. The highest BCUT2D eigenvalue weighted by molar-refractivity contribution is 7.89. The molecule has 2 aliphatic rings. The molecular formula is C30H42N3O9S-. The third-order valence-corrected chi connectivity index (χ3v) is 8.92. The van der Waals surface area contributed by atoms with Gasteiger partial charge in [0.2, 0.25) is 10.0 Å². The molecule has 0 unspecified atom stereocenters. The van der Waals surface area contributed by atoms with Crippen LogP contribution in [-0.4, -0.2) is 80.7 Å². The van der Waals surface area contributed by atoms with Crippen LogP contribution in [0.4, 0.5) is 10.5 Å². The SMILES string of the molecule is CC(C)CN(C[C@@H](O)[C@H](Cc1ccccc1)NC(=O)O[C@H]1CO[C@H]2OCC[C@H]21)S(=O)(=O)c1ccc(N)cc1.CCC(=O)[O-]. The molecule has 2 saturated heterocycles. The Hall–Kier alpha value is -3.23. The summed E-state index contributed by atoms with van der Waals surface area (Å²) < 4.78 is 44.9. The zero-order valence-electron chi connectivity index (χ0n) is 24.8. The van der Waals surface area contributed by atoms with Crippen molar-refractivity contribution in [3.63, 3.8) is 0 Å². The molecule has 0 radical (unpaired) electrons. The van der Waals surface area contributed by atoms with Gasteiger partial charge in [-0.2, -0.15) is 4.31 Å². The summed E-state index contributed by atoms with van der Waals surface area (Å²) in [4.78, 5) is 22.3. The monoisotopic (exact) mass is 620 g/mol. The molecule has 2 heterocycles. The Balaban J connectivity index is 0.000000934. The maximum absolute atomic E-state index is 13.5. The Morgan fingerprint density at radius 3 is 2.37 bits per heavy atom. The lowest BCUT2D eigenvalue weighted by molar-refractivity contribution is -0.305. The first-order chi connectivity index (χ1) is 20.4. The van der Waals surface area contributed by atoms with E-state index < -0.39 is 40.3 Å². The maximum atomic E-state index is 13.5. The summed E-state index contributed by atoms with van der Waals surface area (Å²) in [5.74, 6) is -1.02. The van der Waals surface area contributed by atoms with Crippen LogP contribution in [0.1, 0.15) is 39.2 Å². The quantitative estimate of drug-likeness (QED) is 0.294. The number of ether oxygens (including phenoxy) is 3. The van der Waals surface area contributed by atoms with Gasteiger partial charge in [0.05, 0.1) is 36.2 Å². The lowest BCUT2D eigenvalue weighted by Gasteiger charge is -2.31. The van der Waals surface area contributed by atoms with Gasteiger partial charge in [0, 0.05) is 24.7 Å². The van der Waals surface area contributed by atoms with Crippen molar-refractivity contribution in [2.24, 2.45) is 11.8 Å². The van der Waals surface area contributed by atoms with Crippen molar-refractivity contribution >= 4 is 27.8 Å². The van der Waals surface area contributed by atoms with E-state index in [9.17, 15) is 28.2 Å². The van der Waals surface area contributed by atoms with Crippen molar-refractivity contribution in [1.29, 1.82) is 0 Å². The summed E-state index contributed by atoms with van der Waals surface area (Å²) >= 11 is 0. The summed E-state index contributed by atoms with van der Waals surface area (Å²) in [5.41, 5.74) is 7.07. The second kappa shape index (κ2) is 16.0. The molecule has 1 amide bonds. The minimum absolute atomic E-state index is 0.000183. The zero-order valence-corrected chi connectivity index (χ0v) is 25.6. The third kappa shape index (κ3) is 10.2. The summed E-state index contributed by atoms with van der Waals surface area (Å²) in [5, 5.41) is 23.4. The largest absolute Gasteiger partial charge is 0.550 e. The topological polar surface area (TPSA) is 181 Å². The van der Waals surface area contributed by atoms with Gasteiger partial charge in [0.15, 0.2) is 6.29 Å². The molecule has 13 heteroatoms. The minimum Gasteiger partial charge on any atom is -0.550 e. The van der Waals surface area contributed by atoms with Crippen molar-refractivity contribution in [3.8, 4) is 0 Å². The fourth-order valence-electron chi connectivity index (χ4n) is 4.82. The molecule has 4 rings (SSSR count). The number of aliphatic hydroxyl groups is 1. The summed E-state index contributed by atoms with van der Waals surface area (Å²) in [7, 11) is -3.93. The number of nitrogens with two attached hydrogens (primary N) is 1. The van der Waals surface area contributed by atoms with E-state index in [-0.39, 0.29) is 55.6 Å². The van der Waals surface area contributed by atoms with Gasteiger partial charge < -0.3 is 40.3 Å². The normalized spacial score (nSPS) is 21.0. The molecule has 2 aromatic carbocycles. The number of alkyl carbamates (subject to hydrolysis) is 1. The molecule has 0 spiro atoms. The van der Waals surface area contributed by atoms with E-state index in [2.05, 4.69) is 5.32 Å². The number of anilines is 1. The number of nitrogen functional groups attached to an aromatic ring is 1. The number of aliphatic carboxylic acids is 1. The Kier molecular flexibility index (Phi) is 12.8. The maximum Gasteiger partial charge on any atom is 0.407 e. The number of carboxylic acids is 1. The highest BCUT2D eigenvalue weighted by atomic mass is 32.2. The first kappa shape index (κ1) is 34.3. The van der Waals surface area contributed by atoms with Crippen LogP contribution in [0.25, 0.3) is 0 Å². The van der Waals surface area contributed by atoms with Crippen LogP contribution >= 0.6 is 0 Å². The van der Waals surface area contributed by atoms with Gasteiger partial charge in [-0.05, 0) is 55.0 Å². The molecule has 0 aromatic heterocycles. The molecular weight excluding hydrogens is 578 g/mol. The molecule has 5 atom stereocenters. The second-order valence-electron chi connectivity index (χ2n) is 11.0. The number of rotatable bonds is 12. The number of nitrogens with one attached hydrogen (secondary N) is 1. The molecule has 0 bridgehead atoms. The predicted octanol–water partition coefficient (Wildman–Crippen LogP) is 1.52. The van der Waals surface area contributed by atoms with Crippen molar-refractivity contribution < 1.29 is 42.4 Å². The Morgan fingerprint density at radius 1 is 1.12 bits per heavy atom. The molecule has 2 aliphatic heterocycles. The average molecular weight is 621 g/mol. The number of carboxylic acid groups (broad SMARTS) is 1. The van der Waals surface area contributed by atoms with Gasteiger partial charge in [0.25, 0.3) is 0 Å². The van der Waals surface area contributed by atoms with Crippen LogP contribution in [-0.2, 0) is 35.4 Å². The van der Waals surface area contributed by atoms with Crippen LogP contribution in [0.15, 0.2) is 59.5 Å². The number of nitrogens with zero attached hydrogens (tertiary/aromatic N) is 1. The minimum atomic E-state index is -3.93. The van der Waals surface area contributed by atoms with Gasteiger partial charge in [-0.1, -0.05) is 51.1 Å². The number of carbonyl (C=O) groups is 2. The first-order valence-corrected chi connectivity index (χ1v) is 15.8. The third-order valence-electron chi connectivity index (χ3n) is 7.08. The second-order valence-corrected chi connectivity index (χ2v) is 12.9. The summed E-state index contributed by atoms with van der Waals surface area (Å²) in [6.45, 7) is 6.12. The first-order valence-electron chi connectivity index (χ1n) is 14.4. The molecule has 0 aliphatic carbocycles. The lowest BCUT2D eigenvalue weighted by atomic mass is 10.0. The highest BCUT2D eigenvalue weighted by Gasteiger charge is 2.44. The molecule has 0 saturated carbocycles. The standard InChI is InChI=1S/C27H37N3O7S.C3H6O2/c1-18(2)15-30(38(33,34)21-10-8-20(28)9-11-21)16-24(31)23(14-19-6-4-3-5-7-19)29-27(32)37-25-17-36-26-22(25)12-13-35-26;1-2-3(4)5/h3-11,18,22-26,31H,12-17,28H2,1-2H3,(H,29,32);2H2,1H3,(H,4,5)/p-1/t22-,23-,24+,25-,26+;/m0./s1. The number of sulfonamides is 1. The number of fused-ring (bicyclic) bond motifs is 1. The lowest BCUT2D eigenvalue weighted by Crippen LogP contribution is -2.51. The molecule has 2 fully saturated rings. The fourth-order valence-corrected chi connectivity index (χ4v) is 6.45. The van der Waals surface area contributed by atoms with Crippen LogP contribution in [0.3, 0.4) is 0 Å². The number of aliphatic hydroxyl groups excluding tert-OH is 1. The Labute approximate surface area is 253 Å². The summed E-state index contributed by atoms with van der Waals surface area (Å²) in [6.07, 6.45) is -1.58. The van der Waals surface area contributed by atoms with Crippen molar-refractivity contribution in [2.45, 2.75) is 69.5 Å². The van der Waals surface area contributed by atoms with Crippen LogP contribution < -0.4 is 16.2 Å². The fraction of sp³-hybridized carbons (Fsp3) is 0.533. The van der Waals surface area contributed by atoms with E-state index in [0.29, 0.717) is 12.3 Å². The number of amides is 1. The molecule has 12 nitrogen and oxygen atoms in total. The van der Waals surface area contributed by atoms with Crippen LogP contribution in [0.2, 0.25) is 0 Å². The molecule has 238 valence electrons. The number of carbonyl (C=O) groups excluding carboxylic acids is 2. The van der Waals surface area contributed by atoms with Crippen LogP contribution in [0, 0.1) is 11.8 Å². The van der Waals surface area contributed by atoms with E-state index in [4.69, 9.17) is 19.9 Å². The highest BCUT2D eigenvalue weighted by Crippen LogP contribution is 2.33. The van der Waals surface area contributed by atoms with Gasteiger partial charge in [-0.3, -0.25) is 0 Å². The Morgan fingerprint density at radius 2 is 1.77 bits per heavy atom. The van der Waals surface area contributed by atoms with E-state index in [0.717, 1.165) is 12.0 Å². The van der Waals surface area contributed by atoms with E-state index in [1.165, 1.54) is 35.5 Å². The van der Waals surface area contributed by atoms with Gasteiger partial charge in [-0.15, -0.1) is 0 Å². The van der Waals surface area contributed by atoms with E-state index in [1.807, 2.05) is 44.2 Å². The summed E-state index contributed by atoms with van der Waals surface area (Å²) in [6, 6.07) is 14.5. The Bertz CT molecular complexity index is 1280. The van der Waals surface area contributed by atoms with E-state index >= 15 is 0 Å². The van der Waals surface area contributed by atoms with Gasteiger partial charge >= 0.3 is 6.09 Å². The van der Waals surface area contributed by atoms with Crippen LogP contribution in [0.5, 0.6) is 0 Å². The average Bonchev–Trinajstić information content (AvgIpc) is 3.58. The molecule has 2 aromatic rings. The van der Waals surface area contributed by atoms with Crippen molar-refractivity contribution in [2.75, 3.05) is 32.0 Å². The number of benzene rings is 2. The number of hydrogen-bond acceptors (Lipinski definition) is 10. The predicted molar refractivity (Wildman–Crippen MR) is 157 cm³/mol. The van der Waals surface area contributed by atoms with Gasteiger partial charge in [-0.25, -0.2) is 13.2 Å². The van der Waals surface area contributed by atoms with Crippen molar-refractivity contribution in [3.05, 3.63) is 60.2 Å². The van der Waals surface area contributed by atoms with E-state index in [1.54, 1.807) is 0 Å². The van der Waals surface area contributed by atoms with Crippen molar-refractivity contribution in [1.82, 2.24) is 9.62 Å². The molecule has 43 heavy (non-hydrogen) atoms. The molecule has 4 N–H and O–H groups in total. The van der Waals surface area contributed by atoms with Gasteiger partial charge in [0.1, 0.15) is 6.10 Å². The zero-order chi connectivity index (χ0) is 31.6.